The van der Waals surface area contributed by atoms with Gasteiger partial charge in [0.25, 0.3) is 0 Å². The molecule has 9 heteroatoms. The van der Waals surface area contributed by atoms with Crippen LogP contribution in [0.1, 0.15) is 5.69 Å². The third-order valence-electron chi connectivity index (χ3n) is 3.18. The largest absolute Gasteiger partial charge is 0.364 e. The molecule has 25 heavy (non-hydrogen) atoms. The maximum absolute atomic E-state index is 5.29. The molecule has 0 bridgehead atoms. The highest BCUT2D eigenvalue weighted by molar-refractivity contribution is 9.10. The third-order valence-corrected chi connectivity index (χ3v) is 5.24. The number of rotatable bonds is 5. The molecule has 0 spiro atoms. The summed E-state index contributed by atoms with van der Waals surface area (Å²) in [6, 6.07) is 5.76. The summed E-state index contributed by atoms with van der Waals surface area (Å²) in [7, 11) is 1.66. The molecule has 3 aromatic heterocycles. The molecule has 0 aromatic carbocycles. The molecular weight excluding hydrogens is 422 g/mol. The first-order chi connectivity index (χ1) is 12.1. The first-order valence-corrected chi connectivity index (χ1v) is 10.2. The summed E-state index contributed by atoms with van der Waals surface area (Å²) in [5, 5.41) is 0.759. The number of aromatic nitrogens is 4. The summed E-state index contributed by atoms with van der Waals surface area (Å²) in [6.07, 6.45) is 5.70. The van der Waals surface area contributed by atoms with Crippen LogP contribution in [0, 0.1) is 6.92 Å². The Bertz CT molecular complexity index is 936. The van der Waals surface area contributed by atoms with E-state index < -0.39 is 0 Å². The molecule has 130 valence electrons. The van der Waals surface area contributed by atoms with Crippen LogP contribution in [0.15, 0.2) is 45.2 Å². The SMILES string of the molecule is COCn1cc(-c2cc(C)nc(SC)n2)sc1=Nc1ccc(Br)cn1. The Morgan fingerprint density at radius 2 is 2.20 bits per heavy atom. The molecule has 0 saturated heterocycles. The van der Waals surface area contributed by atoms with E-state index >= 15 is 0 Å². The highest BCUT2D eigenvalue weighted by Gasteiger charge is 2.09. The quantitative estimate of drug-likeness (QED) is 0.445. The van der Waals surface area contributed by atoms with Gasteiger partial charge in [0.05, 0.1) is 10.6 Å². The van der Waals surface area contributed by atoms with Crippen molar-refractivity contribution in [2.45, 2.75) is 18.8 Å². The first kappa shape index (κ1) is 18.2. The lowest BCUT2D eigenvalue weighted by Gasteiger charge is -2.02. The molecule has 0 atom stereocenters. The number of hydrogen-bond donors (Lipinski definition) is 0. The van der Waals surface area contributed by atoms with Crippen molar-refractivity contribution in [1.82, 2.24) is 19.5 Å². The molecule has 3 aromatic rings. The minimum absolute atomic E-state index is 0.408. The smallest absolute Gasteiger partial charge is 0.193 e. The lowest BCUT2D eigenvalue weighted by molar-refractivity contribution is 0.129. The highest BCUT2D eigenvalue weighted by atomic mass is 79.9. The van der Waals surface area contributed by atoms with Crippen molar-refractivity contribution in [2.75, 3.05) is 13.4 Å². The fourth-order valence-electron chi connectivity index (χ4n) is 2.11. The Balaban J connectivity index is 2.08. The predicted octanol–water partition coefficient (Wildman–Crippen LogP) is 4.03. The van der Waals surface area contributed by atoms with Crippen LogP contribution in [0.5, 0.6) is 0 Å². The van der Waals surface area contributed by atoms with E-state index in [0.29, 0.717) is 12.5 Å². The maximum atomic E-state index is 5.29. The van der Waals surface area contributed by atoms with Crippen LogP contribution >= 0.6 is 39.0 Å². The van der Waals surface area contributed by atoms with Gasteiger partial charge in [0, 0.05) is 29.7 Å². The van der Waals surface area contributed by atoms with Gasteiger partial charge >= 0.3 is 0 Å². The summed E-state index contributed by atoms with van der Waals surface area (Å²) in [5.41, 5.74) is 1.83. The van der Waals surface area contributed by atoms with Crippen molar-refractivity contribution < 1.29 is 4.74 Å². The van der Waals surface area contributed by atoms with Gasteiger partial charge in [-0.3, -0.25) is 4.57 Å². The number of pyridine rings is 1. The Morgan fingerprint density at radius 3 is 2.88 bits per heavy atom. The van der Waals surface area contributed by atoms with E-state index in [-0.39, 0.29) is 0 Å². The molecule has 0 saturated carbocycles. The van der Waals surface area contributed by atoms with Crippen molar-refractivity contribution in [1.29, 1.82) is 0 Å². The first-order valence-electron chi connectivity index (χ1n) is 7.34. The van der Waals surface area contributed by atoms with E-state index in [1.54, 1.807) is 24.6 Å². The van der Waals surface area contributed by atoms with Crippen LogP contribution in [0.3, 0.4) is 0 Å². The van der Waals surface area contributed by atoms with Crippen molar-refractivity contribution in [3.8, 4) is 10.6 Å². The van der Waals surface area contributed by atoms with E-state index in [9.17, 15) is 0 Å². The predicted molar refractivity (Wildman–Crippen MR) is 104 cm³/mol. The lowest BCUT2D eigenvalue weighted by atomic mass is 10.3. The van der Waals surface area contributed by atoms with E-state index in [1.165, 1.54) is 11.8 Å². The van der Waals surface area contributed by atoms with Crippen molar-refractivity contribution in [3.05, 3.63) is 45.6 Å². The van der Waals surface area contributed by atoms with Crippen LogP contribution in [0.4, 0.5) is 5.82 Å². The Hall–Kier alpha value is -1.55. The van der Waals surface area contributed by atoms with Gasteiger partial charge in [-0.25, -0.2) is 19.9 Å². The fraction of sp³-hybridized carbons (Fsp3) is 0.250. The summed E-state index contributed by atoms with van der Waals surface area (Å²) in [5.74, 6) is 0.644. The van der Waals surface area contributed by atoms with E-state index in [2.05, 4.69) is 35.9 Å². The molecule has 0 aliphatic rings. The van der Waals surface area contributed by atoms with E-state index in [0.717, 1.165) is 30.7 Å². The highest BCUT2D eigenvalue weighted by Crippen LogP contribution is 2.23. The van der Waals surface area contributed by atoms with Gasteiger partial charge in [0.15, 0.2) is 15.8 Å². The molecule has 3 heterocycles. The number of ether oxygens (including phenoxy) is 1. The van der Waals surface area contributed by atoms with Crippen LogP contribution in [-0.2, 0) is 11.5 Å². The standard InChI is InChI=1S/C16H16BrN5OS2/c1-10-6-12(20-15(19-10)24-3)13-8-22(9-23-2)16(25-13)21-14-5-4-11(17)7-18-14/h4-8H,9H2,1-3H3. The molecule has 0 amide bonds. The molecule has 0 aliphatic carbocycles. The Kier molecular flexibility index (Phi) is 6.00. The number of hydrogen-bond acceptors (Lipinski definition) is 7. The summed E-state index contributed by atoms with van der Waals surface area (Å²) >= 11 is 6.46. The third kappa shape index (κ3) is 4.55. The summed E-state index contributed by atoms with van der Waals surface area (Å²) in [4.78, 5) is 19.8. The summed E-state index contributed by atoms with van der Waals surface area (Å²) < 4.78 is 8.15. The Morgan fingerprint density at radius 1 is 1.36 bits per heavy atom. The van der Waals surface area contributed by atoms with Gasteiger partial charge in [0.2, 0.25) is 0 Å². The van der Waals surface area contributed by atoms with Crippen molar-refractivity contribution >= 4 is 44.8 Å². The van der Waals surface area contributed by atoms with Crippen molar-refractivity contribution in [3.63, 3.8) is 0 Å². The van der Waals surface area contributed by atoms with Gasteiger partial charge in [0.1, 0.15) is 6.73 Å². The van der Waals surface area contributed by atoms with Crippen LogP contribution < -0.4 is 4.80 Å². The molecule has 6 nitrogen and oxygen atoms in total. The average Bonchev–Trinajstić information content (AvgIpc) is 2.99. The number of thioether (sulfide) groups is 1. The van der Waals surface area contributed by atoms with Crippen LogP contribution in [0.2, 0.25) is 0 Å². The monoisotopic (exact) mass is 437 g/mol. The van der Waals surface area contributed by atoms with Gasteiger partial charge in [-0.2, -0.15) is 0 Å². The zero-order valence-electron chi connectivity index (χ0n) is 13.9. The van der Waals surface area contributed by atoms with E-state index in [1.807, 2.05) is 42.1 Å². The zero-order chi connectivity index (χ0) is 17.8. The van der Waals surface area contributed by atoms with Crippen molar-refractivity contribution in [2.24, 2.45) is 4.99 Å². The zero-order valence-corrected chi connectivity index (χ0v) is 17.2. The molecule has 0 N–H and O–H groups in total. The van der Waals surface area contributed by atoms with Gasteiger partial charge < -0.3 is 4.74 Å². The van der Waals surface area contributed by atoms with Crippen LogP contribution in [-0.4, -0.2) is 32.9 Å². The second-order valence-corrected chi connectivity index (χ2v) is 7.79. The number of nitrogens with zero attached hydrogens (tertiary/aromatic N) is 5. The topological polar surface area (TPSA) is 65.2 Å². The average molecular weight is 438 g/mol. The Labute approximate surface area is 162 Å². The van der Waals surface area contributed by atoms with E-state index in [4.69, 9.17) is 4.74 Å². The van der Waals surface area contributed by atoms with Crippen LogP contribution in [0.25, 0.3) is 10.6 Å². The normalized spacial score (nSPS) is 11.9. The molecule has 0 fully saturated rings. The summed E-state index contributed by atoms with van der Waals surface area (Å²) in [6.45, 7) is 2.38. The number of thiazole rings is 1. The molecule has 0 radical (unpaired) electrons. The minimum atomic E-state index is 0.408. The molecule has 0 unspecified atom stereocenters. The lowest BCUT2D eigenvalue weighted by Crippen LogP contribution is -2.14. The van der Waals surface area contributed by atoms with Gasteiger partial charge in [-0.05, 0) is 47.3 Å². The number of methoxy groups -OCH3 is 1. The maximum Gasteiger partial charge on any atom is 0.193 e. The molecule has 0 aliphatic heterocycles. The van der Waals surface area contributed by atoms with Gasteiger partial charge in [-0.15, -0.1) is 0 Å². The number of halogens is 1. The minimum Gasteiger partial charge on any atom is -0.364 e. The molecule has 3 rings (SSSR count). The fourth-order valence-corrected chi connectivity index (χ4v) is 3.72. The second kappa shape index (κ2) is 8.22. The second-order valence-electron chi connectivity index (χ2n) is 5.09. The molecular formula is C16H16BrN5OS2. The van der Waals surface area contributed by atoms with Gasteiger partial charge in [-0.1, -0.05) is 23.1 Å². The number of aryl methyl sites for hydroxylation is 1.